The van der Waals surface area contributed by atoms with E-state index in [0.717, 1.165) is 11.1 Å². The maximum absolute atomic E-state index is 9.91. The van der Waals surface area contributed by atoms with E-state index in [0.29, 0.717) is 11.1 Å². The summed E-state index contributed by atoms with van der Waals surface area (Å²) in [6.07, 6.45) is 0. The van der Waals surface area contributed by atoms with Crippen LogP contribution < -0.4 is 0 Å². The van der Waals surface area contributed by atoms with Crippen LogP contribution in [-0.2, 0) is 0 Å². The van der Waals surface area contributed by atoms with Crippen molar-refractivity contribution >= 4 is 0 Å². The zero-order valence-electron chi connectivity index (χ0n) is 9.73. The Balaban J connectivity index is 2.64. The molecule has 0 bridgehead atoms. The van der Waals surface area contributed by atoms with E-state index in [1.807, 2.05) is 13.0 Å². The van der Waals surface area contributed by atoms with Crippen molar-refractivity contribution in [1.82, 2.24) is 0 Å². The third-order valence-electron chi connectivity index (χ3n) is 2.97. The molecule has 88 valence electrons. The number of benzene rings is 2. The summed E-state index contributed by atoms with van der Waals surface area (Å²) in [5.41, 5.74) is 2.89. The van der Waals surface area contributed by atoms with Gasteiger partial charge in [-0.1, -0.05) is 12.1 Å². The minimum atomic E-state index is -0.126. The molecule has 3 N–H and O–H groups in total. The lowest BCUT2D eigenvalue weighted by molar-refractivity contribution is 0.402. The van der Waals surface area contributed by atoms with Gasteiger partial charge < -0.3 is 15.3 Å². The lowest BCUT2D eigenvalue weighted by atomic mass is 9.98. The Morgan fingerprint density at radius 3 is 2.00 bits per heavy atom. The van der Waals surface area contributed by atoms with E-state index in [1.54, 1.807) is 31.2 Å². The molecule has 0 spiro atoms. The van der Waals surface area contributed by atoms with E-state index in [9.17, 15) is 15.3 Å². The van der Waals surface area contributed by atoms with Crippen molar-refractivity contribution in [1.29, 1.82) is 0 Å². The minimum Gasteiger partial charge on any atom is -0.508 e. The molecule has 0 aliphatic carbocycles. The predicted molar refractivity (Wildman–Crippen MR) is 66.3 cm³/mol. The first-order valence-electron chi connectivity index (χ1n) is 5.32. The summed E-state index contributed by atoms with van der Waals surface area (Å²) >= 11 is 0. The van der Waals surface area contributed by atoms with Gasteiger partial charge in [0, 0.05) is 5.56 Å². The van der Waals surface area contributed by atoms with Crippen LogP contribution in [0.5, 0.6) is 17.2 Å². The smallest absolute Gasteiger partial charge is 0.165 e. The highest BCUT2D eigenvalue weighted by Gasteiger charge is 2.13. The van der Waals surface area contributed by atoms with Crippen molar-refractivity contribution in [3.8, 4) is 28.4 Å². The number of aryl methyl sites for hydroxylation is 1. The van der Waals surface area contributed by atoms with Gasteiger partial charge >= 0.3 is 0 Å². The van der Waals surface area contributed by atoms with Crippen molar-refractivity contribution in [3.63, 3.8) is 0 Å². The van der Waals surface area contributed by atoms with Gasteiger partial charge in [0.2, 0.25) is 0 Å². The van der Waals surface area contributed by atoms with Crippen LogP contribution in [0.15, 0.2) is 30.3 Å². The molecular formula is C14H14O3. The molecule has 3 nitrogen and oxygen atoms in total. The number of phenols is 3. The highest BCUT2D eigenvalue weighted by molar-refractivity contribution is 5.75. The molecule has 0 saturated carbocycles. The number of phenolic OH excluding ortho intramolecular Hbond substituents is 3. The number of aromatic hydroxyl groups is 3. The summed E-state index contributed by atoms with van der Waals surface area (Å²) in [5.74, 6) is -0.0480. The average Bonchev–Trinajstić information content (AvgIpc) is 2.32. The summed E-state index contributed by atoms with van der Waals surface area (Å²) in [5, 5.41) is 28.9. The van der Waals surface area contributed by atoms with E-state index < -0.39 is 0 Å². The number of hydrogen-bond donors (Lipinski definition) is 3. The molecule has 3 heteroatoms. The second-order valence-electron chi connectivity index (χ2n) is 4.11. The molecule has 0 saturated heterocycles. The Labute approximate surface area is 99.6 Å². The van der Waals surface area contributed by atoms with E-state index in [1.165, 1.54) is 0 Å². The summed E-state index contributed by atoms with van der Waals surface area (Å²) in [7, 11) is 0. The van der Waals surface area contributed by atoms with E-state index in [2.05, 4.69) is 0 Å². The number of hydrogen-bond acceptors (Lipinski definition) is 3. The third kappa shape index (κ3) is 1.91. The number of rotatable bonds is 1. The lowest BCUT2D eigenvalue weighted by Gasteiger charge is -2.11. The Kier molecular flexibility index (Phi) is 2.68. The SMILES string of the molecule is Cc1cc(-c2ccc(O)cc2)c(O)c(O)c1C. The van der Waals surface area contributed by atoms with Gasteiger partial charge in [-0.05, 0) is 48.7 Å². The van der Waals surface area contributed by atoms with Crippen molar-refractivity contribution in [2.45, 2.75) is 13.8 Å². The second-order valence-corrected chi connectivity index (χ2v) is 4.11. The largest absolute Gasteiger partial charge is 0.508 e. The molecule has 0 amide bonds. The molecule has 0 aromatic heterocycles. The maximum Gasteiger partial charge on any atom is 0.165 e. The zero-order chi connectivity index (χ0) is 12.6. The first-order valence-corrected chi connectivity index (χ1v) is 5.32. The Hall–Kier alpha value is -2.16. The summed E-state index contributed by atoms with van der Waals surface area (Å²) in [4.78, 5) is 0. The molecule has 0 unspecified atom stereocenters. The second kappa shape index (κ2) is 4.01. The monoisotopic (exact) mass is 230 g/mol. The quantitative estimate of drug-likeness (QED) is 0.660. The van der Waals surface area contributed by atoms with Gasteiger partial charge in [-0.25, -0.2) is 0 Å². The topological polar surface area (TPSA) is 60.7 Å². The van der Waals surface area contributed by atoms with E-state index in [-0.39, 0.29) is 17.2 Å². The van der Waals surface area contributed by atoms with Crippen LogP contribution in [0.25, 0.3) is 11.1 Å². The van der Waals surface area contributed by atoms with Gasteiger partial charge in [-0.3, -0.25) is 0 Å². The zero-order valence-corrected chi connectivity index (χ0v) is 9.73. The Morgan fingerprint density at radius 2 is 1.41 bits per heavy atom. The molecule has 0 heterocycles. The first kappa shape index (κ1) is 11.3. The van der Waals surface area contributed by atoms with Crippen molar-refractivity contribution in [2.24, 2.45) is 0 Å². The lowest BCUT2D eigenvalue weighted by Crippen LogP contribution is -1.87. The van der Waals surface area contributed by atoms with Gasteiger partial charge in [0.25, 0.3) is 0 Å². The molecule has 0 fully saturated rings. The van der Waals surface area contributed by atoms with E-state index in [4.69, 9.17) is 0 Å². The van der Waals surface area contributed by atoms with Crippen LogP contribution in [0, 0.1) is 13.8 Å². The molecule has 2 aromatic rings. The molecular weight excluding hydrogens is 216 g/mol. The summed E-state index contributed by atoms with van der Waals surface area (Å²) in [6.45, 7) is 3.63. The minimum absolute atomic E-state index is 0.0897. The molecule has 0 atom stereocenters. The fourth-order valence-electron chi connectivity index (χ4n) is 1.75. The van der Waals surface area contributed by atoms with Crippen LogP contribution in [0.3, 0.4) is 0 Å². The molecule has 0 radical (unpaired) electrons. The van der Waals surface area contributed by atoms with Crippen molar-refractivity contribution in [3.05, 3.63) is 41.5 Å². The average molecular weight is 230 g/mol. The normalized spacial score (nSPS) is 10.5. The van der Waals surface area contributed by atoms with Crippen LogP contribution in [-0.4, -0.2) is 15.3 Å². The Morgan fingerprint density at radius 1 is 0.824 bits per heavy atom. The van der Waals surface area contributed by atoms with Crippen LogP contribution >= 0.6 is 0 Å². The van der Waals surface area contributed by atoms with Crippen molar-refractivity contribution in [2.75, 3.05) is 0 Å². The predicted octanol–water partition coefficient (Wildman–Crippen LogP) is 3.09. The summed E-state index contributed by atoms with van der Waals surface area (Å²) < 4.78 is 0. The Bertz CT molecular complexity index is 557. The maximum atomic E-state index is 9.91. The van der Waals surface area contributed by atoms with Gasteiger partial charge in [0.05, 0.1) is 0 Å². The van der Waals surface area contributed by atoms with Crippen LogP contribution in [0.4, 0.5) is 0 Å². The van der Waals surface area contributed by atoms with Crippen molar-refractivity contribution < 1.29 is 15.3 Å². The third-order valence-corrected chi connectivity index (χ3v) is 2.97. The van der Waals surface area contributed by atoms with Gasteiger partial charge in [-0.2, -0.15) is 0 Å². The fraction of sp³-hybridized carbons (Fsp3) is 0.143. The van der Waals surface area contributed by atoms with Crippen LogP contribution in [0.1, 0.15) is 11.1 Å². The van der Waals surface area contributed by atoms with E-state index >= 15 is 0 Å². The summed E-state index contributed by atoms with van der Waals surface area (Å²) in [6, 6.07) is 8.29. The van der Waals surface area contributed by atoms with Gasteiger partial charge in [0.1, 0.15) is 5.75 Å². The highest BCUT2D eigenvalue weighted by Crippen LogP contribution is 2.40. The highest BCUT2D eigenvalue weighted by atomic mass is 16.3. The van der Waals surface area contributed by atoms with Gasteiger partial charge in [-0.15, -0.1) is 0 Å². The standard InChI is InChI=1S/C14H14O3/c1-8-7-12(14(17)13(16)9(8)2)10-3-5-11(15)6-4-10/h3-7,15-17H,1-2H3. The molecule has 0 aliphatic rings. The molecule has 2 aromatic carbocycles. The van der Waals surface area contributed by atoms with Crippen LogP contribution in [0.2, 0.25) is 0 Å². The molecule has 17 heavy (non-hydrogen) atoms. The molecule has 0 aliphatic heterocycles. The van der Waals surface area contributed by atoms with Gasteiger partial charge in [0.15, 0.2) is 11.5 Å². The molecule has 2 rings (SSSR count). The fourth-order valence-corrected chi connectivity index (χ4v) is 1.75. The first-order chi connectivity index (χ1) is 8.00.